The van der Waals surface area contributed by atoms with Gasteiger partial charge >= 0.3 is 5.97 Å². The maximum Gasteiger partial charge on any atom is 0.312 e. The first-order valence-corrected chi connectivity index (χ1v) is 8.02. The highest BCUT2D eigenvalue weighted by Crippen LogP contribution is 2.28. The molecule has 1 heterocycles. The summed E-state index contributed by atoms with van der Waals surface area (Å²) in [6.07, 6.45) is 0.334. The van der Waals surface area contributed by atoms with Crippen molar-refractivity contribution in [2.24, 2.45) is 5.41 Å². The fourth-order valence-corrected chi connectivity index (χ4v) is 2.84. The van der Waals surface area contributed by atoms with E-state index in [0.717, 1.165) is 11.1 Å². The van der Waals surface area contributed by atoms with Gasteiger partial charge in [-0.1, -0.05) is 45.0 Å². The van der Waals surface area contributed by atoms with Crippen LogP contribution < -0.4 is 5.32 Å². The fourth-order valence-electron chi connectivity index (χ4n) is 2.84. The number of hydrogen-bond acceptors (Lipinski definition) is 3. The molecular weight excluding hydrogens is 308 g/mol. The molecule has 1 aromatic rings. The normalized spacial score (nSPS) is 17.1. The summed E-state index contributed by atoms with van der Waals surface area (Å²) in [6.45, 7) is 6.24. The highest BCUT2D eigenvalue weighted by Gasteiger charge is 2.32. The molecule has 0 saturated carbocycles. The molecule has 0 spiro atoms. The average Bonchev–Trinajstić information content (AvgIpc) is 2.49. The summed E-state index contributed by atoms with van der Waals surface area (Å²) in [6, 6.07) is 7.26. The Labute approximate surface area is 141 Å². The van der Waals surface area contributed by atoms with E-state index in [2.05, 4.69) is 5.32 Å². The molecule has 0 saturated heterocycles. The van der Waals surface area contributed by atoms with Crippen LogP contribution in [0.2, 0.25) is 0 Å². The topological polar surface area (TPSA) is 86.7 Å². The van der Waals surface area contributed by atoms with E-state index in [4.69, 9.17) is 0 Å². The van der Waals surface area contributed by atoms with Crippen LogP contribution in [-0.2, 0) is 20.9 Å². The minimum Gasteiger partial charge on any atom is -0.481 e. The van der Waals surface area contributed by atoms with Gasteiger partial charge in [-0.25, -0.2) is 0 Å². The van der Waals surface area contributed by atoms with E-state index >= 15 is 0 Å². The summed E-state index contributed by atoms with van der Waals surface area (Å²) in [7, 11) is 0. The summed E-state index contributed by atoms with van der Waals surface area (Å²) in [4.78, 5) is 37.2. The quantitative estimate of drug-likeness (QED) is 0.879. The molecule has 0 radical (unpaired) electrons. The zero-order valence-electron chi connectivity index (χ0n) is 14.3. The number of fused-ring (bicyclic) bond motifs is 1. The number of rotatable bonds is 4. The van der Waals surface area contributed by atoms with E-state index in [1.165, 1.54) is 4.90 Å². The van der Waals surface area contributed by atoms with Gasteiger partial charge in [-0.15, -0.1) is 0 Å². The van der Waals surface area contributed by atoms with Crippen LogP contribution in [0, 0.1) is 5.41 Å². The Kier molecular flexibility index (Phi) is 5.26. The lowest BCUT2D eigenvalue weighted by atomic mass is 9.90. The largest absolute Gasteiger partial charge is 0.481 e. The van der Waals surface area contributed by atoms with Crippen molar-refractivity contribution in [1.82, 2.24) is 10.2 Å². The standard InChI is InChI=1S/C18H24N2O4/c1-18(2,3)8-15(21)19-9-16(22)20-10-12-6-4-5-7-13(12)14(11-20)17(23)24/h4-7,14H,8-11H2,1-3H3,(H,19,21)(H,23,24). The first-order valence-electron chi connectivity index (χ1n) is 8.02. The molecule has 130 valence electrons. The van der Waals surface area contributed by atoms with Gasteiger partial charge in [-0.05, 0) is 16.5 Å². The molecule has 0 fully saturated rings. The maximum absolute atomic E-state index is 12.4. The Morgan fingerprint density at radius 3 is 2.54 bits per heavy atom. The van der Waals surface area contributed by atoms with E-state index in [-0.39, 0.29) is 30.3 Å². The maximum atomic E-state index is 12.4. The Bertz CT molecular complexity index is 649. The van der Waals surface area contributed by atoms with Crippen molar-refractivity contribution < 1.29 is 19.5 Å². The van der Waals surface area contributed by atoms with E-state index in [9.17, 15) is 19.5 Å². The van der Waals surface area contributed by atoms with Crippen molar-refractivity contribution >= 4 is 17.8 Å². The molecule has 0 aromatic heterocycles. The fraction of sp³-hybridized carbons (Fsp3) is 0.500. The first kappa shape index (κ1) is 18.0. The summed E-state index contributed by atoms with van der Waals surface area (Å²) in [5.41, 5.74) is 1.45. The van der Waals surface area contributed by atoms with E-state index in [0.29, 0.717) is 13.0 Å². The number of carbonyl (C=O) groups excluding carboxylic acids is 2. The van der Waals surface area contributed by atoms with Gasteiger partial charge in [-0.3, -0.25) is 14.4 Å². The van der Waals surface area contributed by atoms with Crippen LogP contribution in [0.25, 0.3) is 0 Å². The molecule has 1 unspecified atom stereocenters. The Balaban J connectivity index is 2.01. The van der Waals surface area contributed by atoms with Gasteiger partial charge in [0.25, 0.3) is 0 Å². The van der Waals surface area contributed by atoms with Crippen LogP contribution in [0.5, 0.6) is 0 Å². The van der Waals surface area contributed by atoms with Crippen LogP contribution in [0.1, 0.15) is 44.2 Å². The molecule has 6 nitrogen and oxygen atoms in total. The molecule has 1 aromatic carbocycles. The third-order valence-electron chi connectivity index (χ3n) is 3.97. The minimum absolute atomic E-state index is 0.108. The van der Waals surface area contributed by atoms with Gasteiger partial charge in [-0.2, -0.15) is 0 Å². The van der Waals surface area contributed by atoms with Crippen molar-refractivity contribution in [1.29, 1.82) is 0 Å². The summed E-state index contributed by atoms with van der Waals surface area (Å²) >= 11 is 0. The first-order chi connectivity index (χ1) is 11.2. The molecule has 2 rings (SSSR count). The van der Waals surface area contributed by atoms with Crippen LogP contribution in [-0.4, -0.2) is 40.9 Å². The average molecular weight is 332 g/mol. The second-order valence-corrected chi connectivity index (χ2v) is 7.38. The van der Waals surface area contributed by atoms with Gasteiger partial charge in [0.15, 0.2) is 0 Å². The number of hydrogen-bond donors (Lipinski definition) is 2. The summed E-state index contributed by atoms with van der Waals surface area (Å²) < 4.78 is 0. The Morgan fingerprint density at radius 1 is 1.25 bits per heavy atom. The third kappa shape index (κ3) is 4.57. The van der Waals surface area contributed by atoms with Gasteiger partial charge in [0.2, 0.25) is 11.8 Å². The second kappa shape index (κ2) is 7.03. The lowest BCUT2D eigenvalue weighted by molar-refractivity contribution is -0.141. The molecule has 2 amide bonds. The van der Waals surface area contributed by atoms with Crippen molar-refractivity contribution in [3.63, 3.8) is 0 Å². The van der Waals surface area contributed by atoms with Crippen molar-refractivity contribution in [3.05, 3.63) is 35.4 Å². The van der Waals surface area contributed by atoms with E-state index < -0.39 is 11.9 Å². The van der Waals surface area contributed by atoms with E-state index in [1.807, 2.05) is 32.9 Å². The van der Waals surface area contributed by atoms with Crippen molar-refractivity contribution in [3.8, 4) is 0 Å². The zero-order chi connectivity index (χ0) is 17.9. The Morgan fingerprint density at radius 2 is 1.92 bits per heavy atom. The predicted octanol–water partition coefficient (Wildman–Crippen LogP) is 1.75. The van der Waals surface area contributed by atoms with Crippen LogP contribution in [0.15, 0.2) is 24.3 Å². The molecule has 1 atom stereocenters. The molecule has 0 aliphatic carbocycles. The van der Waals surface area contributed by atoms with Crippen molar-refractivity contribution in [2.45, 2.75) is 39.7 Å². The summed E-state index contributed by atoms with van der Waals surface area (Å²) in [5, 5.41) is 12.0. The number of amides is 2. The summed E-state index contributed by atoms with van der Waals surface area (Å²) in [5.74, 6) is -2.12. The van der Waals surface area contributed by atoms with Crippen LogP contribution >= 0.6 is 0 Å². The lowest BCUT2D eigenvalue weighted by Crippen LogP contribution is -2.45. The Hall–Kier alpha value is -2.37. The molecule has 2 N–H and O–H groups in total. The van der Waals surface area contributed by atoms with Gasteiger partial charge in [0.1, 0.15) is 0 Å². The van der Waals surface area contributed by atoms with Crippen LogP contribution in [0.3, 0.4) is 0 Å². The van der Waals surface area contributed by atoms with E-state index in [1.54, 1.807) is 12.1 Å². The lowest BCUT2D eigenvalue weighted by Gasteiger charge is -2.33. The molecular formula is C18H24N2O4. The van der Waals surface area contributed by atoms with Crippen LogP contribution in [0.4, 0.5) is 0 Å². The van der Waals surface area contributed by atoms with Gasteiger partial charge in [0, 0.05) is 19.5 Å². The number of nitrogens with one attached hydrogen (secondary N) is 1. The molecule has 24 heavy (non-hydrogen) atoms. The molecule has 0 bridgehead atoms. The third-order valence-corrected chi connectivity index (χ3v) is 3.97. The zero-order valence-corrected chi connectivity index (χ0v) is 14.3. The number of nitrogens with zero attached hydrogens (tertiary/aromatic N) is 1. The van der Waals surface area contributed by atoms with Crippen molar-refractivity contribution in [2.75, 3.05) is 13.1 Å². The molecule has 6 heteroatoms. The van der Waals surface area contributed by atoms with Gasteiger partial charge in [0.05, 0.1) is 12.5 Å². The number of carboxylic acid groups (broad SMARTS) is 1. The number of benzene rings is 1. The molecule has 1 aliphatic rings. The number of carboxylic acids is 1. The predicted molar refractivity (Wildman–Crippen MR) is 89.3 cm³/mol. The highest BCUT2D eigenvalue weighted by molar-refractivity contribution is 5.86. The minimum atomic E-state index is -0.947. The SMILES string of the molecule is CC(C)(C)CC(=O)NCC(=O)N1Cc2ccccc2C(C(=O)O)C1. The monoisotopic (exact) mass is 332 g/mol. The highest BCUT2D eigenvalue weighted by atomic mass is 16.4. The number of carbonyl (C=O) groups is 3. The smallest absolute Gasteiger partial charge is 0.312 e. The number of aliphatic carboxylic acids is 1. The van der Waals surface area contributed by atoms with Gasteiger partial charge < -0.3 is 15.3 Å². The molecule has 1 aliphatic heterocycles. The second-order valence-electron chi connectivity index (χ2n) is 7.38.